The number of amides is 1. The van der Waals surface area contributed by atoms with Crippen LogP contribution in [0, 0.1) is 10.1 Å². The smallest absolute Gasteiger partial charge is 0.269 e. The highest BCUT2D eigenvalue weighted by molar-refractivity contribution is 14.0. The van der Waals surface area contributed by atoms with Crippen LogP contribution in [-0.4, -0.2) is 59.9 Å². The van der Waals surface area contributed by atoms with E-state index in [9.17, 15) is 14.9 Å². The van der Waals surface area contributed by atoms with E-state index in [1.165, 1.54) is 12.1 Å². The van der Waals surface area contributed by atoms with Crippen LogP contribution in [0.5, 0.6) is 0 Å². The molecule has 1 heterocycles. The lowest BCUT2D eigenvalue weighted by atomic mass is 10.2. The molecule has 1 amide bonds. The molecule has 1 aliphatic heterocycles. The van der Waals surface area contributed by atoms with E-state index in [1.54, 1.807) is 12.1 Å². The average molecular weight is 535 g/mol. The number of nitro groups is 1. The van der Waals surface area contributed by atoms with Crippen molar-refractivity contribution in [1.82, 2.24) is 15.5 Å². The van der Waals surface area contributed by atoms with Crippen molar-refractivity contribution in [2.45, 2.75) is 32.2 Å². The summed E-state index contributed by atoms with van der Waals surface area (Å²) in [6.45, 7) is 3.65. The predicted octanol–water partition coefficient (Wildman–Crippen LogP) is 3.01. The van der Waals surface area contributed by atoms with Crippen LogP contribution in [0.1, 0.15) is 31.2 Å². The second-order valence-corrected chi connectivity index (χ2v) is 7.61. The molecule has 0 saturated carbocycles. The molecule has 0 spiro atoms. The third kappa shape index (κ3) is 9.66. The van der Waals surface area contributed by atoms with Crippen molar-refractivity contribution in [2.24, 2.45) is 4.99 Å². The molecule has 29 heavy (non-hydrogen) atoms. The van der Waals surface area contributed by atoms with Gasteiger partial charge in [-0.15, -0.1) is 24.0 Å². The maximum Gasteiger partial charge on any atom is 0.269 e. The second-order valence-electron chi connectivity index (χ2n) is 6.63. The minimum atomic E-state index is -0.404. The molecule has 0 radical (unpaired) electrons. The lowest BCUT2D eigenvalue weighted by molar-refractivity contribution is -0.384. The highest BCUT2D eigenvalue weighted by atomic mass is 127. The van der Waals surface area contributed by atoms with Crippen LogP contribution in [0.15, 0.2) is 29.3 Å². The Labute approximate surface area is 193 Å². The Morgan fingerprint density at radius 3 is 2.52 bits per heavy atom. The first-order valence-corrected chi connectivity index (χ1v) is 11.0. The fourth-order valence-corrected chi connectivity index (χ4v) is 3.34. The summed E-state index contributed by atoms with van der Waals surface area (Å²) >= 11 is 1.81. The SMILES string of the molecule is CSCCCNC(=NCc1ccc([N+](=O)[O-])cc1)NCCCN1CCCC1=O.I. The average Bonchev–Trinajstić information content (AvgIpc) is 3.11. The lowest BCUT2D eigenvalue weighted by Gasteiger charge is -2.17. The number of nitro benzene ring substituents is 1. The molecular weight excluding hydrogens is 505 g/mol. The van der Waals surface area contributed by atoms with Gasteiger partial charge in [-0.25, -0.2) is 4.99 Å². The Hall–Kier alpha value is -1.56. The molecule has 0 bridgehead atoms. The predicted molar refractivity (Wildman–Crippen MR) is 129 cm³/mol. The maximum absolute atomic E-state index is 11.7. The number of rotatable bonds is 11. The summed E-state index contributed by atoms with van der Waals surface area (Å²) in [7, 11) is 0. The first-order chi connectivity index (χ1) is 13.6. The molecule has 8 nitrogen and oxygen atoms in total. The van der Waals surface area contributed by atoms with Gasteiger partial charge in [-0.2, -0.15) is 11.8 Å². The van der Waals surface area contributed by atoms with Crippen molar-refractivity contribution in [1.29, 1.82) is 0 Å². The molecule has 162 valence electrons. The summed E-state index contributed by atoms with van der Waals surface area (Å²) in [6.07, 6.45) is 5.63. The van der Waals surface area contributed by atoms with E-state index in [0.717, 1.165) is 62.7 Å². The molecular formula is C19H30IN5O3S. The summed E-state index contributed by atoms with van der Waals surface area (Å²) in [6, 6.07) is 6.45. The van der Waals surface area contributed by atoms with E-state index in [4.69, 9.17) is 0 Å². The van der Waals surface area contributed by atoms with Crippen molar-refractivity contribution >= 4 is 53.3 Å². The van der Waals surface area contributed by atoms with Crippen LogP contribution in [0.2, 0.25) is 0 Å². The largest absolute Gasteiger partial charge is 0.356 e. The Kier molecular flexibility index (Phi) is 12.7. The van der Waals surface area contributed by atoms with Gasteiger partial charge in [0.1, 0.15) is 0 Å². The molecule has 0 unspecified atom stereocenters. The van der Waals surface area contributed by atoms with Gasteiger partial charge >= 0.3 is 0 Å². The topological polar surface area (TPSA) is 99.9 Å². The maximum atomic E-state index is 11.7. The summed E-state index contributed by atoms with van der Waals surface area (Å²) in [5, 5.41) is 17.4. The van der Waals surface area contributed by atoms with Crippen molar-refractivity contribution in [2.75, 3.05) is 38.2 Å². The van der Waals surface area contributed by atoms with Gasteiger partial charge in [0, 0.05) is 44.7 Å². The van der Waals surface area contributed by atoms with Crippen molar-refractivity contribution < 1.29 is 9.72 Å². The van der Waals surface area contributed by atoms with Crippen molar-refractivity contribution in [3.63, 3.8) is 0 Å². The van der Waals surface area contributed by atoms with E-state index in [-0.39, 0.29) is 35.6 Å². The summed E-state index contributed by atoms with van der Waals surface area (Å²) in [5.41, 5.74) is 0.996. The number of carbonyl (C=O) groups is 1. The van der Waals surface area contributed by atoms with Crippen LogP contribution in [0.25, 0.3) is 0 Å². The molecule has 0 aliphatic carbocycles. The summed E-state index contributed by atoms with van der Waals surface area (Å²) in [4.78, 5) is 28.5. The lowest BCUT2D eigenvalue weighted by Crippen LogP contribution is -2.39. The zero-order chi connectivity index (χ0) is 20.2. The Balaban J connectivity index is 0.00000420. The number of likely N-dealkylation sites (tertiary alicyclic amines) is 1. The van der Waals surface area contributed by atoms with Crippen LogP contribution in [0.4, 0.5) is 5.69 Å². The fraction of sp³-hybridized carbons (Fsp3) is 0.579. The molecule has 0 atom stereocenters. The van der Waals surface area contributed by atoms with Gasteiger partial charge in [0.2, 0.25) is 5.91 Å². The number of halogens is 1. The number of nitrogens with zero attached hydrogens (tertiary/aromatic N) is 3. The normalized spacial score (nSPS) is 13.9. The van der Waals surface area contributed by atoms with Crippen molar-refractivity contribution in [3.8, 4) is 0 Å². The summed E-state index contributed by atoms with van der Waals surface area (Å²) in [5.74, 6) is 2.06. The molecule has 1 aromatic carbocycles. The number of thioether (sulfide) groups is 1. The Morgan fingerprint density at radius 2 is 1.93 bits per heavy atom. The van der Waals surface area contributed by atoms with Gasteiger partial charge < -0.3 is 15.5 Å². The van der Waals surface area contributed by atoms with Gasteiger partial charge in [-0.05, 0) is 36.8 Å². The van der Waals surface area contributed by atoms with Gasteiger partial charge in [0.15, 0.2) is 5.96 Å². The van der Waals surface area contributed by atoms with Crippen LogP contribution < -0.4 is 10.6 Å². The number of benzene rings is 1. The van der Waals surface area contributed by atoms with Gasteiger partial charge in [-0.1, -0.05) is 12.1 Å². The second kappa shape index (κ2) is 14.4. The van der Waals surface area contributed by atoms with Gasteiger partial charge in [0.05, 0.1) is 11.5 Å². The van der Waals surface area contributed by atoms with Crippen LogP contribution in [-0.2, 0) is 11.3 Å². The molecule has 1 aromatic rings. The van der Waals surface area contributed by atoms with E-state index < -0.39 is 4.92 Å². The van der Waals surface area contributed by atoms with E-state index in [1.807, 2.05) is 16.7 Å². The molecule has 1 fully saturated rings. The first kappa shape index (κ1) is 25.5. The Morgan fingerprint density at radius 1 is 1.24 bits per heavy atom. The van der Waals surface area contributed by atoms with Crippen LogP contribution >= 0.6 is 35.7 Å². The quantitative estimate of drug-likeness (QED) is 0.113. The molecule has 1 saturated heterocycles. The van der Waals surface area contributed by atoms with E-state index >= 15 is 0 Å². The number of guanidine groups is 1. The molecule has 2 N–H and O–H groups in total. The first-order valence-electron chi connectivity index (χ1n) is 9.62. The number of non-ortho nitro benzene ring substituents is 1. The van der Waals surface area contributed by atoms with E-state index in [0.29, 0.717) is 13.0 Å². The zero-order valence-electron chi connectivity index (χ0n) is 16.8. The van der Waals surface area contributed by atoms with E-state index in [2.05, 4.69) is 21.9 Å². The number of hydrogen-bond acceptors (Lipinski definition) is 5. The minimum absolute atomic E-state index is 0. The molecule has 2 rings (SSSR count). The van der Waals surface area contributed by atoms with Gasteiger partial charge in [0.25, 0.3) is 5.69 Å². The zero-order valence-corrected chi connectivity index (χ0v) is 19.9. The highest BCUT2D eigenvalue weighted by Crippen LogP contribution is 2.12. The number of hydrogen-bond donors (Lipinski definition) is 2. The monoisotopic (exact) mass is 535 g/mol. The number of nitrogens with one attached hydrogen (secondary N) is 2. The van der Waals surface area contributed by atoms with Crippen LogP contribution in [0.3, 0.4) is 0 Å². The Bertz CT molecular complexity index is 672. The standard InChI is InChI=1S/C19H29N5O3S.HI/c1-28-14-4-11-21-19(20-10-3-13-23-12-2-5-18(23)25)22-15-16-6-8-17(9-7-16)24(26)27;/h6-9H,2-5,10-15H2,1H3,(H2,20,21,22);1H. The third-order valence-electron chi connectivity index (χ3n) is 4.45. The molecule has 1 aliphatic rings. The third-order valence-corrected chi connectivity index (χ3v) is 5.15. The molecule has 10 heteroatoms. The fourth-order valence-electron chi connectivity index (χ4n) is 2.91. The minimum Gasteiger partial charge on any atom is -0.356 e. The van der Waals surface area contributed by atoms with Crippen molar-refractivity contribution in [3.05, 3.63) is 39.9 Å². The number of carbonyl (C=O) groups excluding carboxylic acids is 1. The summed E-state index contributed by atoms with van der Waals surface area (Å²) < 4.78 is 0. The highest BCUT2D eigenvalue weighted by Gasteiger charge is 2.18. The molecule has 0 aromatic heterocycles. The van der Waals surface area contributed by atoms with Gasteiger partial charge in [-0.3, -0.25) is 14.9 Å². The number of aliphatic imine (C=N–C) groups is 1.